The van der Waals surface area contributed by atoms with E-state index in [0.29, 0.717) is 0 Å². The molecule has 1 aromatic rings. The molecule has 1 N–H and O–H groups in total. The van der Waals surface area contributed by atoms with E-state index >= 15 is 0 Å². The predicted molar refractivity (Wildman–Crippen MR) is 62.5 cm³/mol. The Morgan fingerprint density at radius 2 is 1.52 bits per heavy atom. The third-order valence-corrected chi connectivity index (χ3v) is 2.72. The molecule has 0 fully saturated rings. The quantitative estimate of drug-likeness (QED) is 0.792. The van der Waals surface area contributed by atoms with E-state index in [1.54, 1.807) is 0 Å². The topological polar surface area (TPSA) is 38.3 Å². The highest BCUT2D eigenvalue weighted by atomic mass is 19.4. The van der Waals surface area contributed by atoms with Crippen LogP contribution in [0, 0.1) is 0 Å². The Labute approximate surface area is 124 Å². The first-order valence-corrected chi connectivity index (χ1v) is 5.75. The van der Waals surface area contributed by atoms with Crippen LogP contribution in [0.4, 0.5) is 40.8 Å². The second-order valence-corrected chi connectivity index (χ2v) is 4.26. The number of benzene rings is 1. The van der Waals surface area contributed by atoms with Gasteiger partial charge in [-0.2, -0.15) is 26.3 Å². The fraction of sp³-hybridized carbons (Fsp3) is 0.417. The number of anilines is 1. The molecular weight excluding hydrogens is 342 g/mol. The first-order chi connectivity index (χ1) is 10.4. The number of nitrogens with one attached hydrogen (secondary N) is 1. The minimum atomic E-state index is -6.59. The van der Waals surface area contributed by atoms with Crippen LogP contribution in [0.5, 0.6) is 5.75 Å². The molecule has 11 heteroatoms. The summed E-state index contributed by atoms with van der Waals surface area (Å²) >= 11 is 0. The van der Waals surface area contributed by atoms with Crippen LogP contribution in [0.2, 0.25) is 0 Å². The van der Waals surface area contributed by atoms with Crippen molar-refractivity contribution < 1.29 is 44.7 Å². The summed E-state index contributed by atoms with van der Waals surface area (Å²) < 4.78 is 106. The minimum Gasteiger partial charge on any atom is -0.497 e. The van der Waals surface area contributed by atoms with Crippen LogP contribution in [-0.4, -0.2) is 37.2 Å². The molecule has 23 heavy (non-hydrogen) atoms. The van der Waals surface area contributed by atoms with Gasteiger partial charge in [-0.1, -0.05) is 0 Å². The zero-order valence-corrected chi connectivity index (χ0v) is 11.2. The first-order valence-electron chi connectivity index (χ1n) is 5.75. The molecule has 0 atom stereocenters. The second kappa shape index (κ2) is 6.20. The summed E-state index contributed by atoms with van der Waals surface area (Å²) in [7, 11) is 1.26. The van der Waals surface area contributed by atoms with Crippen molar-refractivity contribution in [3.63, 3.8) is 0 Å². The Morgan fingerprint density at radius 1 is 1.04 bits per heavy atom. The molecule has 0 aliphatic heterocycles. The summed E-state index contributed by atoms with van der Waals surface area (Å²) in [5, 5.41) is 1.25. The molecule has 0 aliphatic rings. The van der Waals surface area contributed by atoms with E-state index in [2.05, 4.69) is 0 Å². The molecule has 0 spiro atoms. The Bertz CT molecular complexity index is 559. The summed E-state index contributed by atoms with van der Waals surface area (Å²) in [5.41, 5.74) is -0.452. The van der Waals surface area contributed by atoms with Crippen molar-refractivity contribution in [2.45, 2.75) is 24.2 Å². The van der Waals surface area contributed by atoms with E-state index in [1.807, 2.05) is 0 Å². The minimum absolute atomic E-state index is 0.226. The number of hydrogen-bond donors (Lipinski definition) is 1. The third-order valence-electron chi connectivity index (χ3n) is 2.72. The number of carbonyl (C=O) groups excluding carboxylic acids is 1. The maximum absolute atomic E-state index is 13.3. The van der Waals surface area contributed by atoms with Gasteiger partial charge in [-0.3, -0.25) is 4.79 Å². The Hall–Kier alpha value is -2.07. The second-order valence-electron chi connectivity index (χ2n) is 4.26. The van der Waals surface area contributed by atoms with Gasteiger partial charge in [-0.05, 0) is 24.3 Å². The average molecular weight is 351 g/mol. The summed E-state index contributed by atoms with van der Waals surface area (Å²) in [4.78, 5) is 11.2. The van der Waals surface area contributed by atoms with Crippen molar-refractivity contribution in [2.24, 2.45) is 0 Å². The highest BCUT2D eigenvalue weighted by Gasteiger charge is 2.78. The van der Waals surface area contributed by atoms with Crippen LogP contribution in [-0.2, 0) is 4.79 Å². The highest BCUT2D eigenvalue weighted by Crippen LogP contribution is 2.48. The van der Waals surface area contributed by atoms with Gasteiger partial charge in [0, 0.05) is 5.69 Å². The normalized spacial score (nSPS) is 13.1. The molecule has 0 heterocycles. The van der Waals surface area contributed by atoms with E-state index < -0.39 is 35.8 Å². The fourth-order valence-electron chi connectivity index (χ4n) is 1.37. The van der Waals surface area contributed by atoms with Crippen LogP contribution >= 0.6 is 0 Å². The van der Waals surface area contributed by atoms with Gasteiger partial charge >= 0.3 is 30.1 Å². The number of carbonyl (C=O) groups is 1. The molecule has 0 aliphatic carbocycles. The lowest BCUT2D eigenvalue weighted by Gasteiger charge is -2.31. The van der Waals surface area contributed by atoms with E-state index in [0.717, 1.165) is 24.3 Å². The number of amides is 1. The summed E-state index contributed by atoms with van der Waals surface area (Å²) in [6, 6.07) is 4.21. The van der Waals surface area contributed by atoms with Crippen molar-refractivity contribution in [1.82, 2.24) is 0 Å². The summed E-state index contributed by atoms with van der Waals surface area (Å²) in [5.74, 6) is -21.7. The smallest absolute Gasteiger partial charge is 0.393 e. The lowest BCUT2D eigenvalue weighted by atomic mass is 10.0. The average Bonchev–Trinajstić information content (AvgIpc) is 2.47. The number of rotatable bonds is 6. The molecule has 1 amide bonds. The van der Waals surface area contributed by atoms with Crippen LogP contribution < -0.4 is 10.1 Å². The maximum Gasteiger partial charge on any atom is 0.393 e. The van der Waals surface area contributed by atoms with Gasteiger partial charge in [0.15, 0.2) is 0 Å². The number of ether oxygens (including phenoxy) is 1. The predicted octanol–water partition coefficient (Wildman–Crippen LogP) is 3.80. The number of hydrogen-bond acceptors (Lipinski definition) is 2. The molecular formula is C12H9F8NO2. The lowest BCUT2D eigenvalue weighted by molar-refractivity contribution is -0.326. The van der Waals surface area contributed by atoms with Crippen LogP contribution in [0.25, 0.3) is 0 Å². The van der Waals surface area contributed by atoms with Crippen LogP contribution in [0.1, 0.15) is 0 Å². The fourth-order valence-corrected chi connectivity index (χ4v) is 1.37. The number of methoxy groups -OCH3 is 1. The van der Waals surface area contributed by atoms with Gasteiger partial charge in [0.1, 0.15) is 5.75 Å². The van der Waals surface area contributed by atoms with Crippen molar-refractivity contribution >= 4 is 11.6 Å². The lowest BCUT2D eigenvalue weighted by Crippen LogP contribution is -2.61. The van der Waals surface area contributed by atoms with Crippen molar-refractivity contribution in [1.29, 1.82) is 0 Å². The molecule has 130 valence electrons. The number of halogens is 8. The SMILES string of the molecule is COc1ccc(NC(=O)C(F)(F)C(F)(F)C(F)(F)C(F)F)cc1. The van der Waals surface area contributed by atoms with Gasteiger partial charge in [0.25, 0.3) is 0 Å². The molecule has 0 radical (unpaired) electrons. The van der Waals surface area contributed by atoms with Gasteiger partial charge < -0.3 is 10.1 Å². The molecule has 0 saturated carbocycles. The summed E-state index contributed by atoms with van der Waals surface area (Å²) in [6.07, 6.45) is -5.09. The monoisotopic (exact) mass is 351 g/mol. The third kappa shape index (κ3) is 3.32. The van der Waals surface area contributed by atoms with Gasteiger partial charge in [-0.15, -0.1) is 0 Å². The van der Waals surface area contributed by atoms with Gasteiger partial charge in [0.2, 0.25) is 0 Å². The number of alkyl halides is 8. The first kappa shape index (κ1) is 19.0. The van der Waals surface area contributed by atoms with E-state index in [-0.39, 0.29) is 5.75 Å². The Kier molecular flexibility index (Phi) is 5.12. The maximum atomic E-state index is 13.3. The molecule has 0 aromatic heterocycles. The van der Waals surface area contributed by atoms with Gasteiger partial charge in [-0.25, -0.2) is 8.78 Å². The molecule has 0 bridgehead atoms. The highest BCUT2D eigenvalue weighted by molar-refractivity contribution is 5.97. The summed E-state index contributed by atoms with van der Waals surface area (Å²) in [6.45, 7) is 0. The van der Waals surface area contributed by atoms with Crippen molar-refractivity contribution in [2.75, 3.05) is 12.4 Å². The van der Waals surface area contributed by atoms with Crippen LogP contribution in [0.3, 0.4) is 0 Å². The zero-order chi connectivity index (χ0) is 18.1. The van der Waals surface area contributed by atoms with Crippen LogP contribution in [0.15, 0.2) is 24.3 Å². The van der Waals surface area contributed by atoms with E-state index in [4.69, 9.17) is 4.74 Å². The largest absolute Gasteiger partial charge is 0.497 e. The standard InChI is InChI=1S/C12H9F8NO2/c1-23-7-4-2-6(3-5-7)21-9(22)11(17,18)12(19,20)10(15,16)8(13)14/h2-5,8H,1H3,(H,21,22). The van der Waals surface area contributed by atoms with Crippen molar-refractivity contribution in [3.8, 4) is 5.75 Å². The van der Waals surface area contributed by atoms with Crippen molar-refractivity contribution in [3.05, 3.63) is 24.3 Å². The molecule has 0 saturated heterocycles. The molecule has 3 nitrogen and oxygen atoms in total. The van der Waals surface area contributed by atoms with Gasteiger partial charge in [0.05, 0.1) is 7.11 Å². The van der Waals surface area contributed by atoms with E-state index in [1.165, 1.54) is 12.4 Å². The molecule has 1 aromatic carbocycles. The molecule has 1 rings (SSSR count). The Morgan fingerprint density at radius 3 is 1.91 bits per heavy atom. The van der Waals surface area contributed by atoms with E-state index in [9.17, 15) is 39.9 Å². The molecule has 0 unspecified atom stereocenters. The zero-order valence-electron chi connectivity index (χ0n) is 11.2. The Balaban J connectivity index is 3.03.